The fraction of sp³-hybridized carbons (Fsp3) is 0.333. The van der Waals surface area contributed by atoms with E-state index in [0.29, 0.717) is 10.8 Å². The number of hydroxylamine groups is 1. The lowest BCUT2D eigenvalue weighted by Gasteiger charge is -2.29. The van der Waals surface area contributed by atoms with E-state index in [4.69, 9.17) is 10.00 Å². The lowest BCUT2D eigenvalue weighted by Crippen LogP contribution is -2.51. The zero-order valence-electron chi connectivity index (χ0n) is 9.75. The number of nitriles is 1. The van der Waals surface area contributed by atoms with Crippen molar-refractivity contribution in [2.75, 3.05) is 11.7 Å². The van der Waals surface area contributed by atoms with Gasteiger partial charge in [0.1, 0.15) is 6.07 Å². The fourth-order valence-electron chi connectivity index (χ4n) is 1.28. The monoisotopic (exact) mass is 234 g/mol. The highest BCUT2D eigenvalue weighted by atomic mass is 16.6. The third kappa shape index (κ3) is 2.55. The molecule has 0 amide bonds. The number of benzene rings is 1. The smallest absolute Gasteiger partial charge is 0.349 e. The van der Waals surface area contributed by atoms with E-state index < -0.39 is 11.5 Å². The molecule has 0 bridgehead atoms. The number of anilines is 1. The summed E-state index contributed by atoms with van der Waals surface area (Å²) in [4.78, 5) is 11.7. The van der Waals surface area contributed by atoms with Crippen molar-refractivity contribution >= 4 is 11.7 Å². The maximum absolute atomic E-state index is 11.7. The normalized spacial score (nSPS) is 13.3. The number of carbonyl (C=O) groups excluding carboxylic acids is 1. The molecule has 0 fully saturated rings. The number of rotatable bonds is 4. The number of esters is 1. The van der Waals surface area contributed by atoms with E-state index in [1.54, 1.807) is 43.3 Å². The minimum atomic E-state index is -1.75. The van der Waals surface area contributed by atoms with Crippen molar-refractivity contribution in [3.63, 3.8) is 0 Å². The van der Waals surface area contributed by atoms with Crippen LogP contribution >= 0.6 is 0 Å². The van der Waals surface area contributed by atoms with Crippen molar-refractivity contribution in [1.82, 2.24) is 0 Å². The van der Waals surface area contributed by atoms with Crippen molar-refractivity contribution in [3.8, 4) is 6.07 Å². The summed E-state index contributed by atoms with van der Waals surface area (Å²) in [6.45, 7) is 3.09. The molecule has 0 saturated carbocycles. The van der Waals surface area contributed by atoms with Gasteiger partial charge in [-0.25, -0.2) is 9.86 Å². The van der Waals surface area contributed by atoms with Crippen LogP contribution in [0.2, 0.25) is 0 Å². The molecule has 1 aromatic rings. The molecule has 0 unspecified atom stereocenters. The molecule has 1 rings (SSSR count). The topological polar surface area (TPSA) is 73.6 Å². The molecule has 0 heterocycles. The first kappa shape index (κ1) is 13.0. The summed E-state index contributed by atoms with van der Waals surface area (Å²) in [5.74, 6) is -0.783. The summed E-state index contributed by atoms with van der Waals surface area (Å²) in [6.07, 6.45) is 0. The highest BCUT2D eigenvalue weighted by molar-refractivity contribution is 5.87. The van der Waals surface area contributed by atoms with Crippen LogP contribution in [0.15, 0.2) is 30.3 Å². The average Bonchev–Trinajstić information content (AvgIpc) is 2.38. The molecule has 90 valence electrons. The molecule has 0 spiro atoms. The highest BCUT2D eigenvalue weighted by Gasteiger charge is 2.41. The number of para-hydroxylation sites is 1. The lowest BCUT2D eigenvalue weighted by atomic mass is 10.0. The Morgan fingerprint density at radius 2 is 2.12 bits per heavy atom. The van der Waals surface area contributed by atoms with Gasteiger partial charge in [0.15, 0.2) is 0 Å². The average molecular weight is 234 g/mol. The van der Waals surface area contributed by atoms with E-state index in [2.05, 4.69) is 0 Å². The first-order valence-electron chi connectivity index (χ1n) is 5.19. The molecule has 5 heteroatoms. The van der Waals surface area contributed by atoms with Crippen LogP contribution in [-0.2, 0) is 9.53 Å². The van der Waals surface area contributed by atoms with Crippen molar-refractivity contribution in [3.05, 3.63) is 30.3 Å². The van der Waals surface area contributed by atoms with E-state index >= 15 is 0 Å². The van der Waals surface area contributed by atoms with Crippen LogP contribution in [0.1, 0.15) is 13.8 Å². The molecule has 1 atom stereocenters. The van der Waals surface area contributed by atoms with Crippen LogP contribution < -0.4 is 5.06 Å². The van der Waals surface area contributed by atoms with Crippen LogP contribution in [-0.4, -0.2) is 23.3 Å². The molecule has 0 aromatic heterocycles. The van der Waals surface area contributed by atoms with Crippen LogP contribution in [0.3, 0.4) is 0 Å². The Hall–Kier alpha value is -2.06. The van der Waals surface area contributed by atoms with Crippen molar-refractivity contribution in [2.45, 2.75) is 19.4 Å². The van der Waals surface area contributed by atoms with Crippen LogP contribution in [0.5, 0.6) is 0 Å². The Morgan fingerprint density at radius 1 is 1.53 bits per heavy atom. The molecule has 0 saturated heterocycles. The Morgan fingerprint density at radius 3 is 2.59 bits per heavy atom. The summed E-state index contributed by atoms with van der Waals surface area (Å²) < 4.78 is 4.78. The first-order chi connectivity index (χ1) is 8.06. The molecule has 1 aromatic carbocycles. The maximum atomic E-state index is 11.7. The Balaban J connectivity index is 3.03. The second kappa shape index (κ2) is 5.32. The van der Waals surface area contributed by atoms with Crippen LogP contribution in [0.4, 0.5) is 5.69 Å². The number of hydrogen-bond acceptors (Lipinski definition) is 5. The number of ether oxygens (including phenoxy) is 1. The van der Waals surface area contributed by atoms with Gasteiger partial charge in [-0.15, -0.1) is 0 Å². The third-order valence-corrected chi connectivity index (χ3v) is 2.31. The predicted molar refractivity (Wildman–Crippen MR) is 61.4 cm³/mol. The van der Waals surface area contributed by atoms with E-state index in [-0.39, 0.29) is 6.61 Å². The van der Waals surface area contributed by atoms with Crippen LogP contribution in [0, 0.1) is 11.3 Å². The van der Waals surface area contributed by atoms with Gasteiger partial charge in [-0.2, -0.15) is 5.26 Å². The summed E-state index contributed by atoms with van der Waals surface area (Å²) in [5, 5.41) is 19.6. The standard InChI is InChI=1S/C12H14N2O3/c1-3-17-11(15)12(2,9-13)14(16)10-7-5-4-6-8-10/h4-8,16H,3H2,1-2H3/t12-/m0/s1. The van der Waals surface area contributed by atoms with E-state index in [1.165, 1.54) is 6.92 Å². The van der Waals surface area contributed by atoms with Crippen molar-refractivity contribution in [2.24, 2.45) is 0 Å². The van der Waals surface area contributed by atoms with Gasteiger partial charge in [0, 0.05) is 0 Å². The molecule has 0 aliphatic heterocycles. The van der Waals surface area contributed by atoms with Gasteiger partial charge in [-0.3, -0.25) is 5.21 Å². The van der Waals surface area contributed by atoms with Gasteiger partial charge in [0.25, 0.3) is 0 Å². The minimum absolute atomic E-state index is 0.152. The minimum Gasteiger partial charge on any atom is -0.463 e. The van der Waals surface area contributed by atoms with Gasteiger partial charge < -0.3 is 4.74 Å². The highest BCUT2D eigenvalue weighted by Crippen LogP contribution is 2.22. The zero-order chi connectivity index (χ0) is 12.9. The van der Waals surface area contributed by atoms with Crippen molar-refractivity contribution in [1.29, 1.82) is 5.26 Å². The van der Waals surface area contributed by atoms with E-state index in [0.717, 1.165) is 0 Å². The first-order valence-corrected chi connectivity index (χ1v) is 5.19. The van der Waals surface area contributed by atoms with E-state index in [1.807, 2.05) is 0 Å². The van der Waals surface area contributed by atoms with Gasteiger partial charge >= 0.3 is 5.97 Å². The summed E-state index contributed by atoms with van der Waals surface area (Å²) in [6, 6.07) is 10.1. The number of nitrogens with zero attached hydrogens (tertiary/aromatic N) is 2. The number of carbonyl (C=O) groups is 1. The Labute approximate surface area is 99.8 Å². The molecule has 1 N–H and O–H groups in total. The molecular weight excluding hydrogens is 220 g/mol. The predicted octanol–water partition coefficient (Wildman–Crippen LogP) is 1.73. The maximum Gasteiger partial charge on any atom is 0.349 e. The lowest BCUT2D eigenvalue weighted by molar-refractivity contribution is -0.148. The molecule has 5 nitrogen and oxygen atoms in total. The Bertz CT molecular complexity index is 427. The fourth-order valence-corrected chi connectivity index (χ4v) is 1.28. The third-order valence-electron chi connectivity index (χ3n) is 2.31. The summed E-state index contributed by atoms with van der Waals surface area (Å²) in [5.41, 5.74) is -1.40. The zero-order valence-corrected chi connectivity index (χ0v) is 9.75. The van der Waals surface area contributed by atoms with Gasteiger partial charge in [0.2, 0.25) is 5.54 Å². The quantitative estimate of drug-likeness (QED) is 0.634. The molecule has 0 aliphatic rings. The van der Waals surface area contributed by atoms with E-state index in [9.17, 15) is 10.0 Å². The molecule has 17 heavy (non-hydrogen) atoms. The van der Waals surface area contributed by atoms with Gasteiger partial charge in [0.05, 0.1) is 12.3 Å². The Kier molecular flexibility index (Phi) is 4.07. The molecule has 0 radical (unpaired) electrons. The second-order valence-electron chi connectivity index (χ2n) is 3.55. The molecular formula is C12H14N2O3. The SMILES string of the molecule is CCOC(=O)[C@](C)(C#N)N(O)c1ccccc1. The molecule has 0 aliphatic carbocycles. The number of hydrogen-bond donors (Lipinski definition) is 1. The largest absolute Gasteiger partial charge is 0.463 e. The van der Waals surface area contributed by atoms with Crippen molar-refractivity contribution < 1.29 is 14.7 Å². The van der Waals surface area contributed by atoms with Crippen LogP contribution in [0.25, 0.3) is 0 Å². The second-order valence-corrected chi connectivity index (χ2v) is 3.55. The van der Waals surface area contributed by atoms with Gasteiger partial charge in [-0.1, -0.05) is 18.2 Å². The summed E-state index contributed by atoms with van der Waals surface area (Å²) >= 11 is 0. The summed E-state index contributed by atoms with van der Waals surface area (Å²) in [7, 11) is 0. The van der Waals surface area contributed by atoms with Gasteiger partial charge in [-0.05, 0) is 26.0 Å².